The Morgan fingerprint density at radius 1 is 1.47 bits per heavy atom. The van der Waals surface area contributed by atoms with Crippen molar-refractivity contribution < 1.29 is 4.74 Å². The Bertz CT molecular complexity index is 352. The van der Waals surface area contributed by atoms with Crippen molar-refractivity contribution in [2.45, 2.75) is 25.0 Å². The van der Waals surface area contributed by atoms with Crippen LogP contribution in [0.3, 0.4) is 0 Å². The summed E-state index contributed by atoms with van der Waals surface area (Å²) in [7, 11) is 1.76. The molecule has 0 unspecified atom stereocenters. The second kappa shape index (κ2) is 4.73. The minimum Gasteiger partial charge on any atom is -0.381 e. The molecule has 0 amide bonds. The van der Waals surface area contributed by atoms with E-state index in [0.29, 0.717) is 12.1 Å². The van der Waals surface area contributed by atoms with Gasteiger partial charge in [-0.15, -0.1) is 0 Å². The molecule has 0 aliphatic heterocycles. The number of nitrogens with one attached hydrogen (secondary N) is 1. The summed E-state index contributed by atoms with van der Waals surface area (Å²) in [5.41, 5.74) is 0.999. The zero-order valence-corrected chi connectivity index (χ0v) is 10.8. The molecule has 2 nitrogen and oxygen atoms in total. The molecule has 1 fully saturated rings. The molecule has 1 aromatic carbocycles. The van der Waals surface area contributed by atoms with Crippen molar-refractivity contribution >= 4 is 33.2 Å². The van der Waals surface area contributed by atoms with Crippen molar-refractivity contribution in [1.82, 2.24) is 0 Å². The lowest BCUT2D eigenvalue weighted by Crippen LogP contribution is -2.40. The Hall–Kier alpha value is -0.250. The van der Waals surface area contributed by atoms with E-state index in [1.54, 1.807) is 7.11 Å². The fourth-order valence-electron chi connectivity index (χ4n) is 1.70. The summed E-state index contributed by atoms with van der Waals surface area (Å²) in [6.07, 6.45) is 2.53. The third-order valence-electron chi connectivity index (χ3n) is 2.72. The van der Waals surface area contributed by atoms with Gasteiger partial charge < -0.3 is 10.1 Å². The standard InChI is InChI=1S/C11H13BrClNO/c1-15-9-5-8(6-9)14-11-3-2-7(12)4-10(11)13/h2-4,8-9,14H,5-6H2,1H3. The Morgan fingerprint density at radius 2 is 2.20 bits per heavy atom. The van der Waals surface area contributed by atoms with Gasteiger partial charge in [0.1, 0.15) is 0 Å². The zero-order chi connectivity index (χ0) is 10.8. The van der Waals surface area contributed by atoms with Crippen LogP contribution in [0.15, 0.2) is 22.7 Å². The van der Waals surface area contributed by atoms with E-state index in [4.69, 9.17) is 16.3 Å². The van der Waals surface area contributed by atoms with E-state index in [1.165, 1.54) is 0 Å². The third-order valence-corrected chi connectivity index (χ3v) is 3.52. The first-order chi connectivity index (χ1) is 7.19. The van der Waals surface area contributed by atoms with Crippen LogP contribution < -0.4 is 5.32 Å². The maximum Gasteiger partial charge on any atom is 0.0648 e. The van der Waals surface area contributed by atoms with Gasteiger partial charge in [0.05, 0.1) is 16.8 Å². The minimum atomic E-state index is 0.414. The molecule has 1 N–H and O–H groups in total. The molecule has 1 aliphatic carbocycles. The van der Waals surface area contributed by atoms with Crippen LogP contribution in [0, 0.1) is 0 Å². The van der Waals surface area contributed by atoms with Gasteiger partial charge in [-0.25, -0.2) is 0 Å². The molecular formula is C11H13BrClNO. The van der Waals surface area contributed by atoms with E-state index in [1.807, 2.05) is 18.2 Å². The molecule has 1 aromatic rings. The minimum absolute atomic E-state index is 0.414. The molecule has 1 saturated carbocycles. The number of hydrogen-bond donors (Lipinski definition) is 1. The predicted molar refractivity (Wildman–Crippen MR) is 66.6 cm³/mol. The number of hydrogen-bond acceptors (Lipinski definition) is 2. The highest BCUT2D eigenvalue weighted by molar-refractivity contribution is 9.10. The first kappa shape index (κ1) is 11.2. The van der Waals surface area contributed by atoms with E-state index in [2.05, 4.69) is 21.2 Å². The van der Waals surface area contributed by atoms with Gasteiger partial charge in [-0.2, -0.15) is 0 Å². The molecular weight excluding hydrogens is 277 g/mol. The van der Waals surface area contributed by atoms with Crippen molar-refractivity contribution in [1.29, 1.82) is 0 Å². The molecule has 0 heterocycles. The molecule has 0 radical (unpaired) electrons. The number of halogens is 2. The van der Waals surface area contributed by atoms with Gasteiger partial charge in [-0.3, -0.25) is 0 Å². The van der Waals surface area contributed by atoms with Gasteiger partial charge in [-0.05, 0) is 31.0 Å². The molecule has 15 heavy (non-hydrogen) atoms. The number of ether oxygens (including phenoxy) is 1. The summed E-state index contributed by atoms with van der Waals surface area (Å²) >= 11 is 9.48. The lowest BCUT2D eigenvalue weighted by atomic mass is 9.89. The summed E-state index contributed by atoms with van der Waals surface area (Å²) < 4.78 is 6.22. The molecule has 0 atom stereocenters. The maximum atomic E-state index is 6.10. The topological polar surface area (TPSA) is 21.3 Å². The average molecular weight is 291 g/mol. The smallest absolute Gasteiger partial charge is 0.0648 e. The predicted octanol–water partition coefficient (Wildman–Crippen LogP) is 3.69. The Balaban J connectivity index is 1.94. The fraction of sp³-hybridized carbons (Fsp3) is 0.455. The molecule has 1 aliphatic rings. The first-order valence-electron chi connectivity index (χ1n) is 4.93. The zero-order valence-electron chi connectivity index (χ0n) is 8.47. The van der Waals surface area contributed by atoms with Crippen molar-refractivity contribution in [3.8, 4) is 0 Å². The van der Waals surface area contributed by atoms with Crippen molar-refractivity contribution in [2.75, 3.05) is 12.4 Å². The van der Waals surface area contributed by atoms with Crippen LogP contribution in [0.1, 0.15) is 12.8 Å². The van der Waals surface area contributed by atoms with E-state index in [-0.39, 0.29) is 0 Å². The molecule has 0 bridgehead atoms. The van der Waals surface area contributed by atoms with Gasteiger partial charge >= 0.3 is 0 Å². The highest BCUT2D eigenvalue weighted by Crippen LogP contribution is 2.31. The van der Waals surface area contributed by atoms with E-state index >= 15 is 0 Å². The van der Waals surface area contributed by atoms with Crippen LogP contribution in [-0.2, 0) is 4.74 Å². The van der Waals surface area contributed by atoms with Crippen LogP contribution in [0.2, 0.25) is 5.02 Å². The normalized spacial score (nSPS) is 24.7. The SMILES string of the molecule is COC1CC(Nc2ccc(Br)cc2Cl)C1. The van der Waals surface area contributed by atoms with Gasteiger partial charge in [0.15, 0.2) is 0 Å². The fourth-order valence-corrected chi connectivity index (χ4v) is 2.43. The highest BCUT2D eigenvalue weighted by atomic mass is 79.9. The molecule has 82 valence electrons. The lowest BCUT2D eigenvalue weighted by Gasteiger charge is -2.35. The van der Waals surface area contributed by atoms with E-state index in [9.17, 15) is 0 Å². The van der Waals surface area contributed by atoms with Crippen LogP contribution in [0.5, 0.6) is 0 Å². The summed E-state index contributed by atoms with van der Waals surface area (Å²) in [5.74, 6) is 0. The second-order valence-electron chi connectivity index (χ2n) is 3.79. The summed E-state index contributed by atoms with van der Waals surface area (Å²) in [6.45, 7) is 0. The lowest BCUT2D eigenvalue weighted by molar-refractivity contribution is 0.0329. The Labute approximate surface area is 103 Å². The van der Waals surface area contributed by atoms with Crippen LogP contribution in [0.25, 0.3) is 0 Å². The molecule has 2 rings (SSSR count). The van der Waals surface area contributed by atoms with Crippen molar-refractivity contribution in [3.05, 3.63) is 27.7 Å². The Kier molecular flexibility index (Phi) is 3.54. The number of benzene rings is 1. The van der Waals surface area contributed by atoms with E-state index in [0.717, 1.165) is 28.0 Å². The summed E-state index contributed by atoms with van der Waals surface area (Å²) in [6, 6.07) is 6.37. The number of anilines is 1. The van der Waals surface area contributed by atoms with Crippen LogP contribution in [0.4, 0.5) is 5.69 Å². The monoisotopic (exact) mass is 289 g/mol. The van der Waals surface area contributed by atoms with Crippen molar-refractivity contribution in [3.63, 3.8) is 0 Å². The van der Waals surface area contributed by atoms with Crippen molar-refractivity contribution in [2.24, 2.45) is 0 Å². The average Bonchev–Trinajstić information content (AvgIpc) is 2.13. The number of methoxy groups -OCH3 is 1. The number of rotatable bonds is 3. The van der Waals surface area contributed by atoms with Crippen LogP contribution >= 0.6 is 27.5 Å². The third kappa shape index (κ3) is 2.65. The molecule has 0 aromatic heterocycles. The van der Waals surface area contributed by atoms with E-state index < -0.39 is 0 Å². The largest absolute Gasteiger partial charge is 0.381 e. The Morgan fingerprint density at radius 3 is 2.80 bits per heavy atom. The molecule has 0 spiro atoms. The van der Waals surface area contributed by atoms with Crippen LogP contribution in [-0.4, -0.2) is 19.3 Å². The maximum absolute atomic E-state index is 6.10. The van der Waals surface area contributed by atoms with Gasteiger partial charge in [0, 0.05) is 17.6 Å². The highest BCUT2D eigenvalue weighted by Gasteiger charge is 2.28. The van der Waals surface area contributed by atoms with Gasteiger partial charge in [-0.1, -0.05) is 27.5 Å². The molecule has 0 saturated heterocycles. The first-order valence-corrected chi connectivity index (χ1v) is 6.10. The summed E-state index contributed by atoms with van der Waals surface area (Å²) in [4.78, 5) is 0. The van der Waals surface area contributed by atoms with Gasteiger partial charge in [0.2, 0.25) is 0 Å². The molecule has 4 heteroatoms. The quantitative estimate of drug-likeness (QED) is 0.916. The van der Waals surface area contributed by atoms with Gasteiger partial charge in [0.25, 0.3) is 0 Å². The second-order valence-corrected chi connectivity index (χ2v) is 5.12. The summed E-state index contributed by atoms with van der Waals surface area (Å²) in [5, 5.41) is 4.16.